The summed E-state index contributed by atoms with van der Waals surface area (Å²) in [6, 6.07) is 68.4. The lowest BCUT2D eigenvalue weighted by Crippen LogP contribution is -2.09. The van der Waals surface area contributed by atoms with E-state index in [2.05, 4.69) is 205 Å². The van der Waals surface area contributed by atoms with Gasteiger partial charge in [-0.15, -0.1) is 0 Å². The van der Waals surface area contributed by atoms with Crippen LogP contribution >= 0.6 is 0 Å². The van der Waals surface area contributed by atoms with Gasteiger partial charge in [0.25, 0.3) is 0 Å². The third kappa shape index (κ3) is 5.29. The summed E-state index contributed by atoms with van der Waals surface area (Å²) < 4.78 is 2.27. The number of aromatic nitrogens is 2. The van der Waals surface area contributed by atoms with E-state index in [4.69, 9.17) is 4.98 Å². The van der Waals surface area contributed by atoms with E-state index < -0.39 is 0 Å². The van der Waals surface area contributed by atoms with Crippen LogP contribution in [-0.4, -0.2) is 9.55 Å². The lowest BCUT2D eigenvalue weighted by molar-refractivity contribution is 0.830. The minimum atomic E-state index is 0.222. The van der Waals surface area contributed by atoms with Gasteiger partial charge in [-0.05, 0) is 114 Å². The van der Waals surface area contributed by atoms with Crippen molar-refractivity contribution in [1.29, 1.82) is 0 Å². The molecule has 0 bridgehead atoms. The maximum absolute atomic E-state index is 5.13. The van der Waals surface area contributed by atoms with Crippen molar-refractivity contribution >= 4 is 49.4 Å². The molecule has 1 atom stereocenters. The Morgan fingerprint density at radius 1 is 0.473 bits per heavy atom. The quantitative estimate of drug-likeness (QED) is 0.175. The lowest BCUT2D eigenvalue weighted by Gasteiger charge is -2.28. The normalized spacial score (nSPS) is 13.9. The molecule has 0 N–H and O–H groups in total. The molecule has 0 radical (unpaired) electrons. The van der Waals surface area contributed by atoms with Crippen molar-refractivity contribution in [3.05, 3.63) is 211 Å². The van der Waals surface area contributed by atoms with Crippen LogP contribution in [0.4, 0.5) is 0 Å². The van der Waals surface area contributed by atoms with Gasteiger partial charge in [-0.25, -0.2) is 4.98 Å². The molecule has 55 heavy (non-hydrogen) atoms. The highest BCUT2D eigenvalue weighted by molar-refractivity contribution is 6.11. The van der Waals surface area contributed by atoms with Gasteiger partial charge in [0.05, 0.1) is 11.0 Å². The molecule has 2 heteroatoms. The van der Waals surface area contributed by atoms with Crippen LogP contribution in [0.1, 0.15) is 22.6 Å². The topological polar surface area (TPSA) is 17.8 Å². The molecule has 258 valence electrons. The molecular formula is C53H36N2. The number of benzene rings is 9. The Balaban J connectivity index is 1.07. The average molecular weight is 701 g/mol. The second-order valence-corrected chi connectivity index (χ2v) is 14.7. The number of hydrogen-bond donors (Lipinski definition) is 0. The second-order valence-electron chi connectivity index (χ2n) is 14.7. The monoisotopic (exact) mass is 700 g/mol. The molecular weight excluding hydrogens is 665 g/mol. The van der Waals surface area contributed by atoms with Crippen LogP contribution in [0.2, 0.25) is 0 Å². The van der Waals surface area contributed by atoms with Gasteiger partial charge in [-0.3, -0.25) is 4.57 Å². The van der Waals surface area contributed by atoms with Gasteiger partial charge < -0.3 is 0 Å². The summed E-state index contributed by atoms with van der Waals surface area (Å²) in [5.41, 5.74) is 13.5. The van der Waals surface area contributed by atoms with E-state index in [1.54, 1.807) is 0 Å². The minimum absolute atomic E-state index is 0.222. The van der Waals surface area contributed by atoms with E-state index in [1.807, 2.05) is 0 Å². The molecule has 9 aromatic carbocycles. The van der Waals surface area contributed by atoms with Gasteiger partial charge in [0, 0.05) is 17.2 Å². The average Bonchev–Trinajstić information content (AvgIpc) is 3.65. The zero-order chi connectivity index (χ0) is 36.3. The van der Waals surface area contributed by atoms with Crippen LogP contribution in [0.5, 0.6) is 0 Å². The Morgan fingerprint density at radius 3 is 1.75 bits per heavy atom. The molecule has 11 rings (SSSR count). The number of allylic oxidation sites excluding steroid dienone is 1. The highest BCUT2D eigenvalue weighted by atomic mass is 15.1. The third-order valence-electron chi connectivity index (χ3n) is 11.5. The molecule has 1 unspecified atom stereocenters. The first-order valence-corrected chi connectivity index (χ1v) is 19.1. The minimum Gasteiger partial charge on any atom is -0.292 e. The van der Waals surface area contributed by atoms with Gasteiger partial charge >= 0.3 is 0 Å². The van der Waals surface area contributed by atoms with Crippen molar-refractivity contribution in [3.8, 4) is 39.3 Å². The summed E-state index contributed by atoms with van der Waals surface area (Å²) in [6.45, 7) is 0. The van der Waals surface area contributed by atoms with Crippen molar-refractivity contribution in [2.75, 3.05) is 0 Å². The van der Waals surface area contributed by atoms with E-state index in [0.717, 1.165) is 34.5 Å². The van der Waals surface area contributed by atoms with Crippen LogP contribution in [-0.2, 0) is 6.42 Å². The number of hydrogen-bond acceptors (Lipinski definition) is 1. The summed E-state index contributed by atoms with van der Waals surface area (Å²) >= 11 is 0. The number of fused-ring (bicyclic) bond motifs is 5. The van der Waals surface area contributed by atoms with Crippen molar-refractivity contribution in [2.45, 2.75) is 12.3 Å². The standard InChI is InChI=1S/C53H36N2/c1-2-16-44(17-3-1)55-50-21-11-10-20-49(50)54-53(55)38-26-22-37(23-27-38)41-30-31-47-48(34-41)52(43-29-25-36-13-5-7-15-40(36)33-43)46-19-9-8-18-45(46)51(47)42-28-24-35-12-4-6-14-39(35)32-42/h1-33,41H,34H2. The number of para-hydroxylation sites is 3. The molecule has 10 aromatic rings. The van der Waals surface area contributed by atoms with Crippen molar-refractivity contribution < 1.29 is 0 Å². The lowest BCUT2D eigenvalue weighted by atomic mass is 9.76. The molecule has 1 aliphatic carbocycles. The highest BCUT2D eigenvalue weighted by Gasteiger charge is 2.26. The third-order valence-corrected chi connectivity index (χ3v) is 11.5. The van der Waals surface area contributed by atoms with Crippen molar-refractivity contribution in [1.82, 2.24) is 9.55 Å². The Kier molecular flexibility index (Phi) is 7.34. The summed E-state index contributed by atoms with van der Waals surface area (Å²) in [7, 11) is 0. The molecule has 0 saturated carbocycles. The second kappa shape index (κ2) is 12.8. The van der Waals surface area contributed by atoms with Crippen LogP contribution in [0, 0.1) is 0 Å². The van der Waals surface area contributed by atoms with Gasteiger partial charge in [0.2, 0.25) is 0 Å². The summed E-state index contributed by atoms with van der Waals surface area (Å²) in [6.07, 6.45) is 5.75. The number of rotatable bonds is 5. The first kappa shape index (κ1) is 31.5. The van der Waals surface area contributed by atoms with Crippen molar-refractivity contribution in [3.63, 3.8) is 0 Å². The van der Waals surface area contributed by atoms with Gasteiger partial charge in [-0.1, -0.05) is 164 Å². The first-order valence-electron chi connectivity index (χ1n) is 19.1. The van der Waals surface area contributed by atoms with E-state index in [0.29, 0.717) is 0 Å². The Morgan fingerprint density at radius 2 is 1.04 bits per heavy atom. The Labute approximate surface area is 320 Å². The van der Waals surface area contributed by atoms with Gasteiger partial charge in [0.15, 0.2) is 0 Å². The van der Waals surface area contributed by atoms with Gasteiger partial charge in [0.1, 0.15) is 5.82 Å². The molecule has 0 aliphatic heterocycles. The molecule has 0 spiro atoms. The maximum atomic E-state index is 5.13. The Hall–Kier alpha value is -7.03. The Bertz CT molecular complexity index is 3110. The molecule has 0 amide bonds. The fraction of sp³-hybridized carbons (Fsp3) is 0.0377. The van der Waals surface area contributed by atoms with Crippen LogP contribution in [0.25, 0.3) is 88.8 Å². The predicted octanol–water partition coefficient (Wildman–Crippen LogP) is 13.8. The molecule has 1 heterocycles. The number of nitrogens with zero attached hydrogens (tertiary/aromatic N) is 2. The summed E-state index contributed by atoms with van der Waals surface area (Å²) in [4.78, 5) is 5.13. The highest BCUT2D eigenvalue weighted by Crippen LogP contribution is 2.47. The molecule has 0 saturated heterocycles. The zero-order valence-electron chi connectivity index (χ0n) is 30.2. The van der Waals surface area contributed by atoms with Crippen LogP contribution < -0.4 is 0 Å². The van der Waals surface area contributed by atoms with Crippen LogP contribution in [0.15, 0.2) is 194 Å². The maximum Gasteiger partial charge on any atom is 0.145 e. The molecule has 1 aliphatic rings. The van der Waals surface area contributed by atoms with Crippen LogP contribution in [0.3, 0.4) is 0 Å². The SMILES string of the molecule is C1=CC(c2ccc(-c3nc4ccccc4n3-c3ccccc3)cc2)Cc2c1c(-c1ccc3ccccc3c1)c1ccccc1c2-c1ccc2ccccc2c1. The molecule has 1 aromatic heterocycles. The predicted molar refractivity (Wildman–Crippen MR) is 232 cm³/mol. The van der Waals surface area contributed by atoms with E-state index in [9.17, 15) is 0 Å². The molecule has 2 nitrogen and oxygen atoms in total. The summed E-state index contributed by atoms with van der Waals surface area (Å²) in [5.74, 6) is 1.17. The fourth-order valence-corrected chi connectivity index (χ4v) is 8.91. The first-order chi connectivity index (χ1) is 27.3. The fourth-order valence-electron chi connectivity index (χ4n) is 8.91. The summed E-state index contributed by atoms with van der Waals surface area (Å²) in [5, 5.41) is 7.62. The molecule has 0 fully saturated rings. The zero-order valence-corrected chi connectivity index (χ0v) is 30.2. The van der Waals surface area contributed by atoms with Crippen molar-refractivity contribution in [2.24, 2.45) is 0 Å². The van der Waals surface area contributed by atoms with Gasteiger partial charge in [-0.2, -0.15) is 0 Å². The van der Waals surface area contributed by atoms with E-state index >= 15 is 0 Å². The number of imidazole rings is 1. The van der Waals surface area contributed by atoms with E-state index in [-0.39, 0.29) is 5.92 Å². The smallest absolute Gasteiger partial charge is 0.145 e. The van der Waals surface area contributed by atoms with E-state index in [1.165, 1.54) is 71.3 Å². The largest absolute Gasteiger partial charge is 0.292 e.